The van der Waals surface area contributed by atoms with Gasteiger partial charge in [-0.3, -0.25) is 0 Å². The number of ether oxygens (including phenoxy) is 2. The summed E-state index contributed by atoms with van der Waals surface area (Å²) in [5, 5.41) is 0. The minimum absolute atomic E-state index is 0.287. The van der Waals surface area contributed by atoms with Crippen LogP contribution in [0.5, 0.6) is 0 Å². The summed E-state index contributed by atoms with van der Waals surface area (Å²) in [6, 6.07) is 0. The molecule has 0 bridgehead atoms. The Balaban J connectivity index is 2.56. The molecule has 1 saturated heterocycles. The summed E-state index contributed by atoms with van der Waals surface area (Å²) in [4.78, 5) is 10.1. The van der Waals surface area contributed by atoms with Crippen LogP contribution in [0.1, 0.15) is 6.92 Å². The standard InChI is InChI=1S/C5H6O3/c1-2-4-3-7-5(6)8-4/h2H,3H2,1H3. The van der Waals surface area contributed by atoms with E-state index >= 15 is 0 Å². The summed E-state index contributed by atoms with van der Waals surface area (Å²) in [6.45, 7) is 2.08. The fourth-order valence-corrected chi connectivity index (χ4v) is 0.438. The van der Waals surface area contributed by atoms with Gasteiger partial charge in [-0.1, -0.05) is 0 Å². The molecule has 0 aromatic heterocycles. The molecule has 1 heterocycles. The molecule has 0 amide bonds. The second kappa shape index (κ2) is 1.86. The zero-order valence-corrected chi connectivity index (χ0v) is 4.51. The molecule has 0 aliphatic carbocycles. The van der Waals surface area contributed by atoms with Crippen molar-refractivity contribution in [1.82, 2.24) is 0 Å². The molecule has 0 N–H and O–H groups in total. The molecule has 0 saturated carbocycles. The molecule has 1 fully saturated rings. The van der Waals surface area contributed by atoms with E-state index in [1.807, 2.05) is 0 Å². The lowest BCUT2D eigenvalue weighted by atomic mass is 10.5. The van der Waals surface area contributed by atoms with Gasteiger partial charge in [-0.2, -0.15) is 0 Å². The predicted molar refractivity (Wildman–Crippen MR) is 26.2 cm³/mol. The number of hydrogen-bond acceptors (Lipinski definition) is 3. The topological polar surface area (TPSA) is 35.5 Å². The summed E-state index contributed by atoms with van der Waals surface area (Å²) >= 11 is 0. The van der Waals surface area contributed by atoms with Gasteiger partial charge >= 0.3 is 6.16 Å². The van der Waals surface area contributed by atoms with E-state index in [1.165, 1.54) is 0 Å². The second-order valence-electron chi connectivity index (χ2n) is 1.40. The predicted octanol–water partition coefficient (Wildman–Crippen LogP) is 1.06. The average molecular weight is 114 g/mol. The van der Waals surface area contributed by atoms with Crippen molar-refractivity contribution in [1.29, 1.82) is 0 Å². The van der Waals surface area contributed by atoms with E-state index in [2.05, 4.69) is 9.47 Å². The second-order valence-corrected chi connectivity index (χ2v) is 1.40. The van der Waals surface area contributed by atoms with Crippen molar-refractivity contribution in [2.45, 2.75) is 6.92 Å². The Kier molecular flexibility index (Phi) is 1.20. The summed E-state index contributed by atoms with van der Waals surface area (Å²) < 4.78 is 8.94. The Bertz CT molecular complexity index is 137. The van der Waals surface area contributed by atoms with E-state index in [0.29, 0.717) is 5.76 Å². The fraction of sp³-hybridized carbons (Fsp3) is 0.400. The summed E-state index contributed by atoms with van der Waals surface area (Å²) in [5.41, 5.74) is 0. The van der Waals surface area contributed by atoms with Crippen LogP contribution in [0.25, 0.3) is 0 Å². The molecule has 1 rings (SSSR count). The first-order valence-corrected chi connectivity index (χ1v) is 2.32. The number of cyclic esters (lactones) is 2. The van der Waals surface area contributed by atoms with E-state index in [-0.39, 0.29) is 6.61 Å². The Hall–Kier alpha value is -0.990. The SMILES string of the molecule is CC=C1COC(=O)O1. The molecular formula is C5H6O3. The Morgan fingerprint density at radius 2 is 2.50 bits per heavy atom. The van der Waals surface area contributed by atoms with Crippen molar-refractivity contribution >= 4 is 6.16 Å². The van der Waals surface area contributed by atoms with Crippen LogP contribution in [0, 0.1) is 0 Å². The first-order valence-electron chi connectivity index (χ1n) is 2.32. The highest BCUT2D eigenvalue weighted by atomic mass is 16.8. The lowest BCUT2D eigenvalue weighted by Gasteiger charge is -1.83. The Morgan fingerprint density at radius 3 is 2.75 bits per heavy atom. The van der Waals surface area contributed by atoms with Gasteiger partial charge in [-0.25, -0.2) is 4.79 Å². The van der Waals surface area contributed by atoms with E-state index < -0.39 is 6.16 Å². The zero-order valence-electron chi connectivity index (χ0n) is 4.51. The molecule has 8 heavy (non-hydrogen) atoms. The summed E-state index contributed by atoms with van der Waals surface area (Å²) in [7, 11) is 0. The van der Waals surface area contributed by atoms with Crippen molar-refractivity contribution < 1.29 is 14.3 Å². The van der Waals surface area contributed by atoms with Crippen molar-refractivity contribution in [2.75, 3.05) is 6.61 Å². The minimum atomic E-state index is -0.599. The van der Waals surface area contributed by atoms with Crippen molar-refractivity contribution in [3.63, 3.8) is 0 Å². The lowest BCUT2D eigenvalue weighted by molar-refractivity contribution is 0.136. The molecule has 0 radical (unpaired) electrons. The number of carbonyl (C=O) groups excluding carboxylic acids is 1. The highest BCUT2D eigenvalue weighted by Gasteiger charge is 2.16. The van der Waals surface area contributed by atoms with Gasteiger partial charge < -0.3 is 9.47 Å². The first kappa shape index (κ1) is 5.15. The van der Waals surface area contributed by atoms with E-state index in [1.54, 1.807) is 13.0 Å². The Labute approximate surface area is 46.9 Å². The van der Waals surface area contributed by atoms with E-state index in [0.717, 1.165) is 0 Å². The number of allylic oxidation sites excluding steroid dienone is 1. The Morgan fingerprint density at radius 1 is 1.75 bits per heavy atom. The highest BCUT2D eigenvalue weighted by molar-refractivity contribution is 5.64. The third-order valence-electron chi connectivity index (χ3n) is 0.869. The maximum atomic E-state index is 10.1. The van der Waals surface area contributed by atoms with Gasteiger partial charge in [-0.05, 0) is 13.0 Å². The normalized spacial score (nSPS) is 23.1. The minimum Gasteiger partial charge on any atom is -0.426 e. The molecule has 3 nitrogen and oxygen atoms in total. The number of carbonyl (C=O) groups is 1. The van der Waals surface area contributed by atoms with E-state index in [9.17, 15) is 4.79 Å². The number of hydrogen-bond donors (Lipinski definition) is 0. The highest BCUT2D eigenvalue weighted by Crippen LogP contribution is 2.08. The molecule has 0 atom stereocenters. The molecule has 0 aromatic rings. The molecule has 44 valence electrons. The maximum Gasteiger partial charge on any atom is 0.514 e. The van der Waals surface area contributed by atoms with Gasteiger partial charge in [0.15, 0.2) is 6.61 Å². The molecule has 1 aliphatic heterocycles. The third-order valence-corrected chi connectivity index (χ3v) is 0.869. The monoisotopic (exact) mass is 114 g/mol. The van der Waals surface area contributed by atoms with Gasteiger partial charge in [0.1, 0.15) is 5.76 Å². The van der Waals surface area contributed by atoms with Gasteiger partial charge in [0.2, 0.25) is 0 Å². The van der Waals surface area contributed by atoms with Gasteiger partial charge in [-0.15, -0.1) is 0 Å². The first-order chi connectivity index (χ1) is 3.83. The molecule has 0 spiro atoms. The van der Waals surface area contributed by atoms with Crippen LogP contribution < -0.4 is 0 Å². The molecule has 0 unspecified atom stereocenters. The third kappa shape index (κ3) is 0.804. The van der Waals surface area contributed by atoms with Crippen molar-refractivity contribution in [3.05, 3.63) is 11.8 Å². The molecule has 0 aromatic carbocycles. The molecule has 3 heteroatoms. The molecule has 1 aliphatic rings. The summed E-state index contributed by atoms with van der Waals surface area (Å²) in [6.07, 6.45) is 1.10. The summed E-state index contributed by atoms with van der Waals surface area (Å²) in [5.74, 6) is 0.593. The number of rotatable bonds is 0. The van der Waals surface area contributed by atoms with E-state index in [4.69, 9.17) is 0 Å². The quantitative estimate of drug-likeness (QED) is 0.441. The van der Waals surface area contributed by atoms with Crippen LogP contribution in [0.15, 0.2) is 11.8 Å². The molecular weight excluding hydrogens is 108 g/mol. The van der Waals surface area contributed by atoms with Crippen molar-refractivity contribution in [3.8, 4) is 0 Å². The van der Waals surface area contributed by atoms with Crippen LogP contribution in [-0.4, -0.2) is 12.8 Å². The van der Waals surface area contributed by atoms with Crippen molar-refractivity contribution in [2.24, 2.45) is 0 Å². The van der Waals surface area contributed by atoms with Gasteiger partial charge in [0.25, 0.3) is 0 Å². The lowest BCUT2D eigenvalue weighted by Crippen LogP contribution is -1.88. The van der Waals surface area contributed by atoms with Crippen LogP contribution >= 0.6 is 0 Å². The largest absolute Gasteiger partial charge is 0.514 e. The van der Waals surface area contributed by atoms with Gasteiger partial charge in [0.05, 0.1) is 0 Å². The van der Waals surface area contributed by atoms with Crippen LogP contribution in [0.3, 0.4) is 0 Å². The smallest absolute Gasteiger partial charge is 0.426 e. The van der Waals surface area contributed by atoms with Crippen LogP contribution in [0.4, 0.5) is 4.79 Å². The van der Waals surface area contributed by atoms with Crippen LogP contribution in [-0.2, 0) is 9.47 Å². The average Bonchev–Trinajstić information content (AvgIpc) is 2.14. The van der Waals surface area contributed by atoms with Gasteiger partial charge in [0, 0.05) is 0 Å². The zero-order chi connectivity index (χ0) is 5.98. The van der Waals surface area contributed by atoms with Crippen LogP contribution in [0.2, 0.25) is 0 Å². The maximum absolute atomic E-state index is 10.1. The fourth-order valence-electron chi connectivity index (χ4n) is 0.438.